The van der Waals surface area contributed by atoms with Gasteiger partial charge in [-0.25, -0.2) is 14.7 Å². The highest BCUT2D eigenvalue weighted by atomic mass is 19.1. The molecule has 0 unspecified atom stereocenters. The van der Waals surface area contributed by atoms with Crippen LogP contribution in [-0.2, 0) is 9.63 Å². The molecular formula is C30H30FN5O5. The highest BCUT2D eigenvalue weighted by Gasteiger charge is 2.29. The van der Waals surface area contributed by atoms with E-state index in [1.54, 1.807) is 30.3 Å². The van der Waals surface area contributed by atoms with Crippen LogP contribution >= 0.6 is 0 Å². The molecule has 0 bridgehead atoms. The number of halogens is 1. The number of carbonyl (C=O) groups is 3. The summed E-state index contributed by atoms with van der Waals surface area (Å²) in [5.41, 5.74) is 4.68. The summed E-state index contributed by atoms with van der Waals surface area (Å²) in [7, 11) is 2.07. The van der Waals surface area contributed by atoms with Gasteiger partial charge in [0.2, 0.25) is 0 Å². The van der Waals surface area contributed by atoms with Crippen LogP contribution in [0.2, 0.25) is 0 Å². The molecule has 0 spiro atoms. The summed E-state index contributed by atoms with van der Waals surface area (Å²) in [6, 6.07) is 17.4. The number of likely N-dealkylation sites (N-methyl/N-ethyl adjacent to an activating group) is 1. The number of hydrogen-bond donors (Lipinski definition) is 4. The van der Waals surface area contributed by atoms with Crippen LogP contribution < -0.4 is 16.1 Å². The quantitative estimate of drug-likeness (QED) is 0.179. The van der Waals surface area contributed by atoms with Crippen molar-refractivity contribution in [2.75, 3.05) is 57.0 Å². The number of carboxylic acids is 1. The van der Waals surface area contributed by atoms with Crippen LogP contribution in [0.15, 0.2) is 66.7 Å². The van der Waals surface area contributed by atoms with Crippen LogP contribution in [-0.4, -0.2) is 79.1 Å². The minimum Gasteiger partial charge on any atom is -0.478 e. The first-order valence-electron chi connectivity index (χ1n) is 13.2. The van der Waals surface area contributed by atoms with E-state index >= 15 is 4.39 Å². The van der Waals surface area contributed by atoms with Crippen LogP contribution in [0.5, 0.6) is 0 Å². The Morgan fingerprint density at radius 1 is 1.00 bits per heavy atom. The molecule has 2 aliphatic rings. The van der Waals surface area contributed by atoms with E-state index in [1.807, 2.05) is 6.07 Å². The lowest BCUT2D eigenvalue weighted by Gasteiger charge is -2.32. The van der Waals surface area contributed by atoms with Gasteiger partial charge in [-0.05, 0) is 42.9 Å². The van der Waals surface area contributed by atoms with E-state index in [4.69, 9.17) is 4.84 Å². The van der Waals surface area contributed by atoms with Gasteiger partial charge in [0.25, 0.3) is 11.8 Å². The molecular weight excluding hydrogens is 529 g/mol. The van der Waals surface area contributed by atoms with Crippen molar-refractivity contribution in [3.8, 4) is 0 Å². The zero-order chi connectivity index (χ0) is 28.9. The van der Waals surface area contributed by atoms with Crippen LogP contribution in [0.25, 0.3) is 11.3 Å². The number of nitrogens with one attached hydrogen (secondary N) is 3. The lowest BCUT2D eigenvalue weighted by Crippen LogP contribution is -2.45. The normalized spacial score (nSPS) is 16.6. The van der Waals surface area contributed by atoms with E-state index in [2.05, 4.69) is 33.0 Å². The summed E-state index contributed by atoms with van der Waals surface area (Å²) >= 11 is 0. The number of benzene rings is 3. The van der Waals surface area contributed by atoms with Gasteiger partial charge in [0.1, 0.15) is 5.82 Å². The Bertz CT molecular complexity index is 1500. The van der Waals surface area contributed by atoms with Gasteiger partial charge in [-0.1, -0.05) is 36.4 Å². The van der Waals surface area contributed by atoms with Gasteiger partial charge in [0.05, 0.1) is 34.7 Å². The van der Waals surface area contributed by atoms with Gasteiger partial charge in [-0.15, -0.1) is 0 Å². The largest absolute Gasteiger partial charge is 0.478 e. The Hall–Kier alpha value is -4.58. The molecule has 0 aromatic heterocycles. The Morgan fingerprint density at radius 3 is 2.46 bits per heavy atom. The van der Waals surface area contributed by atoms with Gasteiger partial charge in [0, 0.05) is 44.0 Å². The van der Waals surface area contributed by atoms with Crippen molar-refractivity contribution in [3.05, 3.63) is 94.8 Å². The molecule has 10 nitrogen and oxygen atoms in total. The third-order valence-corrected chi connectivity index (χ3v) is 7.08. The minimum absolute atomic E-state index is 0.0405. The molecule has 41 heavy (non-hydrogen) atoms. The lowest BCUT2D eigenvalue weighted by atomic mass is 9.99. The molecule has 2 aliphatic heterocycles. The number of anilines is 2. The number of aromatic carboxylic acids is 1. The number of hydroxylamine groups is 1. The second-order valence-electron chi connectivity index (χ2n) is 9.88. The minimum atomic E-state index is -1.11. The smallest absolute Gasteiger partial charge is 0.335 e. The highest BCUT2D eigenvalue weighted by Crippen LogP contribution is 2.38. The average molecular weight is 560 g/mol. The second-order valence-corrected chi connectivity index (χ2v) is 9.88. The van der Waals surface area contributed by atoms with Crippen molar-refractivity contribution in [3.63, 3.8) is 0 Å². The van der Waals surface area contributed by atoms with Crippen molar-refractivity contribution in [2.24, 2.45) is 0 Å². The number of hydrogen-bond acceptors (Lipinski definition) is 7. The van der Waals surface area contributed by atoms with E-state index < -0.39 is 23.6 Å². The molecule has 212 valence electrons. The number of nitrogens with zero attached hydrogens (tertiary/aromatic N) is 2. The molecule has 0 aliphatic carbocycles. The standard InChI is InChI=1S/C30H30FN5O5/c1-35-11-13-36(14-12-35)15-16-41-34-28(37)22-10-8-21(18-24(22)31)32-27(19-5-3-2-4-6-19)26-23-9-7-20(30(39)40)17-25(23)33-29(26)38/h2-10,17-18,32H,11-16H2,1H3,(H,33,38)(H,34,37)(H,39,40). The second kappa shape index (κ2) is 12.3. The lowest BCUT2D eigenvalue weighted by molar-refractivity contribution is -0.110. The molecule has 1 fully saturated rings. The van der Waals surface area contributed by atoms with Crippen molar-refractivity contribution in [2.45, 2.75) is 0 Å². The number of fused-ring (bicyclic) bond motifs is 1. The molecule has 11 heteroatoms. The molecule has 0 saturated carbocycles. The number of amides is 2. The van der Waals surface area contributed by atoms with Gasteiger partial charge >= 0.3 is 5.97 Å². The molecule has 3 aromatic rings. The summed E-state index contributed by atoms with van der Waals surface area (Å²) in [6.45, 7) is 4.74. The van der Waals surface area contributed by atoms with E-state index in [9.17, 15) is 19.5 Å². The third-order valence-electron chi connectivity index (χ3n) is 7.08. The van der Waals surface area contributed by atoms with Crippen LogP contribution in [0, 0.1) is 5.82 Å². The fraction of sp³-hybridized carbons (Fsp3) is 0.233. The molecule has 0 radical (unpaired) electrons. The fourth-order valence-corrected chi connectivity index (χ4v) is 4.78. The first-order chi connectivity index (χ1) is 19.8. The van der Waals surface area contributed by atoms with Crippen molar-refractivity contribution >= 4 is 40.4 Å². The maximum atomic E-state index is 15.1. The summed E-state index contributed by atoms with van der Waals surface area (Å²) in [5, 5.41) is 15.2. The third kappa shape index (κ3) is 6.43. The maximum absolute atomic E-state index is 15.1. The molecule has 1 saturated heterocycles. The first-order valence-corrected chi connectivity index (χ1v) is 13.2. The van der Waals surface area contributed by atoms with E-state index in [0.29, 0.717) is 34.7 Å². The van der Waals surface area contributed by atoms with E-state index in [1.165, 1.54) is 30.3 Å². The van der Waals surface area contributed by atoms with Crippen LogP contribution in [0.3, 0.4) is 0 Å². The van der Waals surface area contributed by atoms with Crippen LogP contribution in [0.4, 0.5) is 15.8 Å². The predicted octanol–water partition coefficient (Wildman–Crippen LogP) is 3.37. The number of carbonyl (C=O) groups excluding carboxylic acids is 2. The van der Waals surface area contributed by atoms with Gasteiger partial charge in [-0.3, -0.25) is 19.3 Å². The Balaban J connectivity index is 1.33. The summed E-state index contributed by atoms with van der Waals surface area (Å²) in [4.78, 5) is 46.8. The zero-order valence-electron chi connectivity index (χ0n) is 22.4. The first kappa shape index (κ1) is 28.0. The van der Waals surface area contributed by atoms with Gasteiger partial charge in [0.15, 0.2) is 0 Å². The number of piperazine rings is 1. The maximum Gasteiger partial charge on any atom is 0.335 e. The van der Waals surface area contributed by atoms with E-state index in [0.717, 1.165) is 26.2 Å². The van der Waals surface area contributed by atoms with E-state index in [-0.39, 0.29) is 23.3 Å². The molecule has 2 amide bonds. The molecule has 2 heterocycles. The van der Waals surface area contributed by atoms with Gasteiger partial charge in [-0.2, -0.15) is 0 Å². The summed E-state index contributed by atoms with van der Waals surface area (Å²) in [6.07, 6.45) is 0. The molecule has 4 N–H and O–H groups in total. The average Bonchev–Trinajstić information content (AvgIpc) is 3.30. The highest BCUT2D eigenvalue weighted by molar-refractivity contribution is 6.37. The predicted molar refractivity (Wildman–Crippen MR) is 153 cm³/mol. The number of carboxylic acid groups (broad SMARTS) is 1. The topological polar surface area (TPSA) is 123 Å². The van der Waals surface area contributed by atoms with Crippen molar-refractivity contribution < 1.29 is 28.7 Å². The summed E-state index contributed by atoms with van der Waals surface area (Å²) in [5.74, 6) is -3.01. The van der Waals surface area contributed by atoms with Crippen LogP contribution in [0.1, 0.15) is 31.8 Å². The molecule has 0 atom stereocenters. The van der Waals surface area contributed by atoms with Crippen molar-refractivity contribution in [1.82, 2.24) is 15.3 Å². The zero-order valence-corrected chi connectivity index (χ0v) is 22.4. The SMILES string of the molecule is CN1CCN(CCONC(=O)c2ccc(NC(=C3C(=O)Nc4cc(C(=O)O)ccc43)c3ccccc3)cc2F)CC1. The van der Waals surface area contributed by atoms with Gasteiger partial charge < -0.3 is 20.6 Å². The Kier molecular flexibility index (Phi) is 8.39. The Morgan fingerprint density at radius 2 is 1.76 bits per heavy atom. The summed E-state index contributed by atoms with van der Waals surface area (Å²) < 4.78 is 15.1. The fourth-order valence-electron chi connectivity index (χ4n) is 4.78. The molecule has 3 aromatic carbocycles. The Labute approximate surface area is 236 Å². The molecule has 5 rings (SSSR count). The number of rotatable bonds is 9. The van der Waals surface area contributed by atoms with Crippen molar-refractivity contribution in [1.29, 1.82) is 0 Å². The monoisotopic (exact) mass is 559 g/mol.